The summed E-state index contributed by atoms with van der Waals surface area (Å²) in [5.74, 6) is -1.54. The number of carbonyl (C=O) groups is 1. The Bertz CT molecular complexity index is 659. The minimum absolute atomic E-state index is 0.0922. The van der Waals surface area contributed by atoms with E-state index in [1.807, 2.05) is 13.8 Å². The van der Waals surface area contributed by atoms with Crippen molar-refractivity contribution < 1.29 is 13.6 Å². The molecule has 21 heavy (non-hydrogen) atoms. The molecular weight excluding hydrogens is 276 g/mol. The summed E-state index contributed by atoms with van der Waals surface area (Å²) in [6.07, 6.45) is 0. The molecule has 0 bridgehead atoms. The molecule has 1 amide bonds. The number of aromatic nitrogens is 1. The third-order valence-corrected chi connectivity index (χ3v) is 2.60. The van der Waals surface area contributed by atoms with Crippen LogP contribution in [0.4, 0.5) is 20.3 Å². The standard InChI is InChI=1S/C15H15F2N3O/c1-9(2)18-14-5-3-4-13(19-14)15(21)20-12-7-6-10(16)8-11(12)17/h3-9H,1-2H3,(H,18,19)(H,20,21). The Morgan fingerprint density at radius 3 is 2.62 bits per heavy atom. The molecule has 2 N–H and O–H groups in total. The van der Waals surface area contributed by atoms with Crippen molar-refractivity contribution in [3.05, 3.63) is 53.7 Å². The molecule has 0 aliphatic carbocycles. The monoisotopic (exact) mass is 291 g/mol. The number of nitrogens with zero attached hydrogens (tertiary/aromatic N) is 1. The maximum absolute atomic E-state index is 13.5. The van der Waals surface area contributed by atoms with E-state index in [0.29, 0.717) is 11.9 Å². The lowest BCUT2D eigenvalue weighted by molar-refractivity contribution is 0.102. The van der Waals surface area contributed by atoms with Crippen LogP contribution in [0.15, 0.2) is 36.4 Å². The average molecular weight is 291 g/mol. The lowest BCUT2D eigenvalue weighted by Gasteiger charge is -2.10. The van der Waals surface area contributed by atoms with Crippen molar-refractivity contribution in [2.75, 3.05) is 10.6 Å². The van der Waals surface area contributed by atoms with Crippen molar-refractivity contribution in [3.63, 3.8) is 0 Å². The maximum atomic E-state index is 13.5. The van der Waals surface area contributed by atoms with Gasteiger partial charge >= 0.3 is 0 Å². The van der Waals surface area contributed by atoms with Gasteiger partial charge in [-0.05, 0) is 38.1 Å². The van der Waals surface area contributed by atoms with Gasteiger partial charge in [-0.25, -0.2) is 13.8 Å². The van der Waals surface area contributed by atoms with E-state index in [9.17, 15) is 13.6 Å². The van der Waals surface area contributed by atoms with Crippen LogP contribution >= 0.6 is 0 Å². The van der Waals surface area contributed by atoms with Gasteiger partial charge < -0.3 is 10.6 Å². The fraction of sp³-hybridized carbons (Fsp3) is 0.200. The smallest absolute Gasteiger partial charge is 0.274 e. The van der Waals surface area contributed by atoms with E-state index >= 15 is 0 Å². The number of nitrogens with one attached hydrogen (secondary N) is 2. The lowest BCUT2D eigenvalue weighted by atomic mass is 10.2. The molecule has 0 radical (unpaired) electrons. The Labute approximate surface area is 121 Å². The minimum atomic E-state index is -0.834. The number of pyridine rings is 1. The van der Waals surface area contributed by atoms with E-state index in [0.717, 1.165) is 6.07 Å². The molecule has 2 aromatic rings. The van der Waals surface area contributed by atoms with Gasteiger partial charge in [0.25, 0.3) is 5.91 Å². The number of anilines is 2. The largest absolute Gasteiger partial charge is 0.368 e. The van der Waals surface area contributed by atoms with Gasteiger partial charge in [-0.3, -0.25) is 4.79 Å². The Kier molecular flexibility index (Phi) is 4.47. The van der Waals surface area contributed by atoms with Gasteiger partial charge in [0.1, 0.15) is 23.1 Å². The summed E-state index contributed by atoms with van der Waals surface area (Å²) in [4.78, 5) is 16.2. The first-order valence-corrected chi connectivity index (χ1v) is 6.45. The molecule has 1 aromatic carbocycles. The zero-order valence-electron chi connectivity index (χ0n) is 11.7. The molecule has 1 aromatic heterocycles. The second-order valence-corrected chi connectivity index (χ2v) is 4.79. The summed E-state index contributed by atoms with van der Waals surface area (Å²) in [5, 5.41) is 5.43. The molecule has 0 saturated carbocycles. The zero-order valence-corrected chi connectivity index (χ0v) is 11.7. The van der Waals surface area contributed by atoms with Crippen LogP contribution in [0, 0.1) is 11.6 Å². The van der Waals surface area contributed by atoms with Crippen LogP contribution < -0.4 is 10.6 Å². The summed E-state index contributed by atoms with van der Waals surface area (Å²) >= 11 is 0. The van der Waals surface area contributed by atoms with E-state index in [2.05, 4.69) is 15.6 Å². The number of benzene rings is 1. The lowest BCUT2D eigenvalue weighted by Crippen LogP contribution is -2.17. The van der Waals surface area contributed by atoms with Crippen LogP contribution in [0.5, 0.6) is 0 Å². The Balaban J connectivity index is 2.16. The molecule has 0 aliphatic heterocycles. The second kappa shape index (κ2) is 6.30. The summed E-state index contributed by atoms with van der Waals surface area (Å²) in [7, 11) is 0. The summed E-state index contributed by atoms with van der Waals surface area (Å²) in [6, 6.07) is 8.04. The number of hydrogen-bond donors (Lipinski definition) is 2. The van der Waals surface area contributed by atoms with E-state index in [1.54, 1.807) is 12.1 Å². The SMILES string of the molecule is CC(C)Nc1cccc(C(=O)Nc2ccc(F)cc2F)n1. The Morgan fingerprint density at radius 1 is 1.19 bits per heavy atom. The highest BCUT2D eigenvalue weighted by Gasteiger charge is 2.12. The normalized spacial score (nSPS) is 10.5. The van der Waals surface area contributed by atoms with Crippen LogP contribution in [0.1, 0.15) is 24.3 Å². The first kappa shape index (κ1) is 14.9. The fourth-order valence-electron chi connectivity index (χ4n) is 1.71. The van der Waals surface area contributed by atoms with Gasteiger partial charge in [0.05, 0.1) is 5.69 Å². The number of amides is 1. The molecule has 4 nitrogen and oxygen atoms in total. The molecule has 110 valence electrons. The molecule has 0 unspecified atom stereocenters. The van der Waals surface area contributed by atoms with Gasteiger partial charge in [0.15, 0.2) is 0 Å². The molecular formula is C15H15F2N3O. The molecule has 0 spiro atoms. The highest BCUT2D eigenvalue weighted by molar-refractivity contribution is 6.03. The summed E-state index contributed by atoms with van der Waals surface area (Å²) in [5.41, 5.74) is 0.0507. The number of carbonyl (C=O) groups excluding carboxylic acids is 1. The van der Waals surface area contributed by atoms with Crippen molar-refractivity contribution in [1.29, 1.82) is 0 Å². The maximum Gasteiger partial charge on any atom is 0.274 e. The Morgan fingerprint density at radius 2 is 1.95 bits per heavy atom. The van der Waals surface area contributed by atoms with E-state index in [1.165, 1.54) is 12.1 Å². The van der Waals surface area contributed by atoms with Gasteiger partial charge in [-0.15, -0.1) is 0 Å². The molecule has 2 rings (SSSR count). The van der Waals surface area contributed by atoms with E-state index in [-0.39, 0.29) is 17.4 Å². The predicted molar refractivity (Wildman–Crippen MR) is 77.3 cm³/mol. The number of hydrogen-bond acceptors (Lipinski definition) is 3. The van der Waals surface area contributed by atoms with Gasteiger partial charge in [0, 0.05) is 12.1 Å². The highest BCUT2D eigenvalue weighted by Crippen LogP contribution is 2.16. The van der Waals surface area contributed by atoms with Crippen molar-refractivity contribution >= 4 is 17.4 Å². The summed E-state index contributed by atoms with van der Waals surface area (Å²) < 4.78 is 26.3. The van der Waals surface area contributed by atoms with Gasteiger partial charge in [-0.2, -0.15) is 0 Å². The first-order chi connectivity index (χ1) is 9.95. The quantitative estimate of drug-likeness (QED) is 0.907. The van der Waals surface area contributed by atoms with E-state index in [4.69, 9.17) is 0 Å². The molecule has 0 atom stereocenters. The number of rotatable bonds is 4. The Hall–Kier alpha value is -2.50. The van der Waals surface area contributed by atoms with Crippen LogP contribution in [-0.4, -0.2) is 16.9 Å². The third kappa shape index (κ3) is 3.98. The van der Waals surface area contributed by atoms with Crippen LogP contribution in [0.3, 0.4) is 0 Å². The average Bonchev–Trinajstić information content (AvgIpc) is 2.41. The molecule has 6 heteroatoms. The fourth-order valence-corrected chi connectivity index (χ4v) is 1.71. The van der Waals surface area contributed by atoms with Crippen molar-refractivity contribution in [1.82, 2.24) is 4.98 Å². The minimum Gasteiger partial charge on any atom is -0.368 e. The second-order valence-electron chi connectivity index (χ2n) is 4.79. The van der Waals surface area contributed by atoms with E-state index < -0.39 is 17.5 Å². The van der Waals surface area contributed by atoms with Crippen LogP contribution in [0.25, 0.3) is 0 Å². The van der Waals surface area contributed by atoms with Gasteiger partial charge in [0.2, 0.25) is 0 Å². The van der Waals surface area contributed by atoms with Crippen molar-refractivity contribution in [2.45, 2.75) is 19.9 Å². The predicted octanol–water partition coefficient (Wildman–Crippen LogP) is 3.43. The topological polar surface area (TPSA) is 54.0 Å². The molecule has 0 aliphatic rings. The molecule has 0 saturated heterocycles. The van der Waals surface area contributed by atoms with Gasteiger partial charge in [-0.1, -0.05) is 6.07 Å². The molecule has 1 heterocycles. The number of halogens is 2. The van der Waals surface area contributed by atoms with Crippen LogP contribution in [0.2, 0.25) is 0 Å². The van der Waals surface area contributed by atoms with Crippen LogP contribution in [-0.2, 0) is 0 Å². The van der Waals surface area contributed by atoms with Crippen molar-refractivity contribution in [2.24, 2.45) is 0 Å². The first-order valence-electron chi connectivity index (χ1n) is 6.45. The van der Waals surface area contributed by atoms with Crippen molar-refractivity contribution in [3.8, 4) is 0 Å². The third-order valence-electron chi connectivity index (χ3n) is 2.60. The zero-order chi connectivity index (χ0) is 15.4. The summed E-state index contributed by atoms with van der Waals surface area (Å²) in [6.45, 7) is 3.89. The molecule has 0 fully saturated rings. The highest BCUT2D eigenvalue weighted by atomic mass is 19.1.